The van der Waals surface area contributed by atoms with Gasteiger partial charge in [-0.1, -0.05) is 26.0 Å². The number of rotatable bonds is 7. The summed E-state index contributed by atoms with van der Waals surface area (Å²) in [7, 11) is 0. The number of ether oxygens (including phenoxy) is 1. The molecule has 2 aliphatic heterocycles. The van der Waals surface area contributed by atoms with Gasteiger partial charge >= 0.3 is 6.18 Å². The molecule has 1 aromatic rings. The summed E-state index contributed by atoms with van der Waals surface area (Å²) >= 11 is 0. The summed E-state index contributed by atoms with van der Waals surface area (Å²) in [5, 5.41) is 0. The first kappa shape index (κ1) is 27.1. The number of halogens is 3. The van der Waals surface area contributed by atoms with Crippen LogP contribution in [0.3, 0.4) is 0 Å². The number of carbonyl (C=O) groups excluding carboxylic acids is 2. The summed E-state index contributed by atoms with van der Waals surface area (Å²) in [5.41, 5.74) is 2.74. The third-order valence-corrected chi connectivity index (χ3v) is 7.26. The highest BCUT2D eigenvalue weighted by Gasteiger charge is 2.41. The molecule has 1 aliphatic carbocycles. The zero-order valence-electron chi connectivity index (χ0n) is 21.4. The molecule has 37 heavy (non-hydrogen) atoms. The summed E-state index contributed by atoms with van der Waals surface area (Å²) < 4.78 is 44.7. The van der Waals surface area contributed by atoms with Gasteiger partial charge in [0, 0.05) is 49.6 Å². The van der Waals surface area contributed by atoms with E-state index >= 15 is 0 Å². The lowest BCUT2D eigenvalue weighted by Crippen LogP contribution is -2.49. The topological polar surface area (TPSA) is 62.7 Å². The second-order valence-corrected chi connectivity index (χ2v) is 9.78. The lowest BCUT2D eigenvalue weighted by molar-refractivity contribution is -0.149. The summed E-state index contributed by atoms with van der Waals surface area (Å²) in [4.78, 5) is 34.7. The number of Topliss-reactive ketones (excluding diaryl/α,β-unsaturated/α-hetero) is 2. The van der Waals surface area contributed by atoms with Crippen molar-refractivity contribution in [3.05, 3.63) is 59.0 Å². The molecule has 3 aliphatic rings. The first-order valence-electron chi connectivity index (χ1n) is 13.1. The van der Waals surface area contributed by atoms with E-state index in [1.165, 1.54) is 4.90 Å². The molecule has 0 amide bonds. The number of fused-ring (bicyclic) bond motifs is 1. The Labute approximate surface area is 215 Å². The Morgan fingerprint density at radius 1 is 1.16 bits per heavy atom. The first-order valence-corrected chi connectivity index (χ1v) is 13.1. The fourth-order valence-corrected chi connectivity index (χ4v) is 5.17. The zero-order valence-corrected chi connectivity index (χ0v) is 21.4. The molecule has 3 heterocycles. The number of piperazine rings is 1. The molecule has 1 aromatic heterocycles. The maximum atomic E-state index is 13.6. The molecule has 9 heteroatoms. The second kappa shape index (κ2) is 11.6. The van der Waals surface area contributed by atoms with E-state index in [1.54, 1.807) is 17.2 Å². The average molecular weight is 518 g/mol. The molecule has 1 fully saturated rings. The van der Waals surface area contributed by atoms with Gasteiger partial charge in [-0.3, -0.25) is 19.5 Å². The van der Waals surface area contributed by atoms with Crippen molar-refractivity contribution in [3.8, 4) is 0 Å². The third kappa shape index (κ3) is 6.32. The van der Waals surface area contributed by atoms with Crippen LogP contribution in [0.4, 0.5) is 13.2 Å². The molecule has 6 nitrogen and oxygen atoms in total. The molecule has 200 valence electrons. The number of carbonyl (C=O) groups is 2. The van der Waals surface area contributed by atoms with E-state index in [2.05, 4.69) is 11.1 Å². The van der Waals surface area contributed by atoms with E-state index in [0.29, 0.717) is 12.8 Å². The maximum Gasteiger partial charge on any atom is 0.401 e. The van der Waals surface area contributed by atoms with Gasteiger partial charge in [0.05, 0.1) is 6.54 Å². The second-order valence-electron chi connectivity index (χ2n) is 9.78. The van der Waals surface area contributed by atoms with Gasteiger partial charge in [0.1, 0.15) is 5.57 Å². The monoisotopic (exact) mass is 517 g/mol. The normalized spacial score (nSPS) is 22.0. The van der Waals surface area contributed by atoms with E-state index in [9.17, 15) is 22.8 Å². The lowest BCUT2D eigenvalue weighted by Gasteiger charge is -2.36. The molecule has 0 saturated carbocycles. The number of alkyl halides is 3. The minimum absolute atomic E-state index is 0.0158. The van der Waals surface area contributed by atoms with Crippen molar-refractivity contribution in [3.63, 3.8) is 0 Å². The highest BCUT2D eigenvalue weighted by Crippen LogP contribution is 2.35. The number of nitrogens with zero attached hydrogens (tertiary/aromatic N) is 3. The molecule has 0 aromatic carbocycles. The van der Waals surface area contributed by atoms with Crippen LogP contribution >= 0.6 is 0 Å². The average Bonchev–Trinajstić information content (AvgIpc) is 3.17. The Kier molecular flexibility index (Phi) is 8.52. The summed E-state index contributed by atoms with van der Waals surface area (Å²) in [6.45, 7) is 3.63. The van der Waals surface area contributed by atoms with Crippen molar-refractivity contribution < 1.29 is 27.5 Å². The van der Waals surface area contributed by atoms with E-state index in [0.717, 1.165) is 42.5 Å². The number of pyridine rings is 1. The third-order valence-electron chi connectivity index (χ3n) is 7.26. The molecule has 4 rings (SSSR count). The molecular weight excluding hydrogens is 483 g/mol. The van der Waals surface area contributed by atoms with Gasteiger partial charge in [0.2, 0.25) is 11.7 Å². The fraction of sp³-hybridized carbons (Fsp3) is 0.536. The standard InChI is InChI=1S/C28H34F3N3O3/c1-3-19(4-2)25(35)24-26(36)23(17-20-9-6-5-7-11-22-21(20)10-8-12-32-22)37-27(24)34-15-13-33(14-16-34)18-28(29,30)31/h8-10,12,17,19H,3-7,11,13-16,18H2,1-2H3/b20-9-,23-17-. The van der Waals surface area contributed by atoms with Crippen LogP contribution in [0.15, 0.2) is 47.7 Å². The Balaban J connectivity index is 1.65. The van der Waals surface area contributed by atoms with Gasteiger partial charge in [-0.05, 0) is 56.2 Å². The minimum Gasteiger partial charge on any atom is -0.436 e. The van der Waals surface area contributed by atoms with Crippen LogP contribution in [0.2, 0.25) is 0 Å². The largest absolute Gasteiger partial charge is 0.436 e. The summed E-state index contributed by atoms with van der Waals surface area (Å²) in [6, 6.07) is 3.83. The lowest BCUT2D eigenvalue weighted by atomic mass is 9.90. The molecule has 0 N–H and O–H groups in total. The van der Waals surface area contributed by atoms with Gasteiger partial charge in [-0.25, -0.2) is 0 Å². The molecule has 0 atom stereocenters. The summed E-state index contributed by atoms with van der Waals surface area (Å²) in [6.07, 6.45) is 6.14. The highest BCUT2D eigenvalue weighted by atomic mass is 19.4. The molecule has 0 bridgehead atoms. The molecule has 0 unspecified atom stereocenters. The van der Waals surface area contributed by atoms with Crippen molar-refractivity contribution in [1.82, 2.24) is 14.8 Å². The Bertz CT molecular complexity index is 1110. The smallest absolute Gasteiger partial charge is 0.401 e. The Morgan fingerprint density at radius 2 is 1.89 bits per heavy atom. The predicted molar refractivity (Wildman–Crippen MR) is 134 cm³/mol. The fourth-order valence-electron chi connectivity index (χ4n) is 5.17. The van der Waals surface area contributed by atoms with Crippen LogP contribution in [0, 0.1) is 5.92 Å². The minimum atomic E-state index is -4.27. The number of ketones is 2. The number of aromatic nitrogens is 1. The van der Waals surface area contributed by atoms with E-state index < -0.39 is 18.5 Å². The van der Waals surface area contributed by atoms with Crippen LogP contribution in [0.1, 0.15) is 57.2 Å². The maximum absolute atomic E-state index is 13.6. The number of allylic oxidation sites excluding steroid dienone is 4. The van der Waals surface area contributed by atoms with Crippen LogP contribution in [0.5, 0.6) is 0 Å². The van der Waals surface area contributed by atoms with Gasteiger partial charge in [0.25, 0.3) is 0 Å². The Morgan fingerprint density at radius 3 is 2.57 bits per heavy atom. The molecule has 1 saturated heterocycles. The molecular formula is C28H34F3N3O3. The SMILES string of the molecule is CCC(CC)C(=O)C1=C(N2CCN(CC(F)(F)F)CC2)O/C(=C\C2=C\CCCCc3ncccc32)C1=O. The van der Waals surface area contributed by atoms with Crippen LogP contribution < -0.4 is 0 Å². The van der Waals surface area contributed by atoms with Crippen molar-refractivity contribution in [1.29, 1.82) is 0 Å². The van der Waals surface area contributed by atoms with Gasteiger partial charge in [-0.2, -0.15) is 13.2 Å². The zero-order chi connectivity index (χ0) is 26.6. The van der Waals surface area contributed by atoms with Crippen molar-refractivity contribution in [2.45, 2.75) is 58.5 Å². The van der Waals surface area contributed by atoms with Crippen LogP contribution in [0.25, 0.3) is 5.57 Å². The Hall–Kier alpha value is -2.94. The van der Waals surface area contributed by atoms with Crippen molar-refractivity contribution in [2.24, 2.45) is 5.92 Å². The van der Waals surface area contributed by atoms with Crippen LogP contribution in [-0.2, 0) is 20.7 Å². The van der Waals surface area contributed by atoms with Gasteiger partial charge in [-0.15, -0.1) is 0 Å². The van der Waals surface area contributed by atoms with Gasteiger partial charge < -0.3 is 9.64 Å². The van der Waals surface area contributed by atoms with Crippen molar-refractivity contribution in [2.75, 3.05) is 32.7 Å². The van der Waals surface area contributed by atoms with E-state index in [1.807, 2.05) is 26.0 Å². The molecule has 0 radical (unpaired) electrons. The van der Waals surface area contributed by atoms with Crippen LogP contribution in [-0.4, -0.2) is 65.3 Å². The van der Waals surface area contributed by atoms with Crippen molar-refractivity contribution >= 4 is 17.1 Å². The molecule has 0 spiro atoms. The van der Waals surface area contributed by atoms with E-state index in [4.69, 9.17) is 4.74 Å². The number of hydrogen-bond acceptors (Lipinski definition) is 6. The highest BCUT2D eigenvalue weighted by molar-refractivity contribution is 6.28. The first-order chi connectivity index (χ1) is 17.7. The number of aryl methyl sites for hydroxylation is 1. The van der Waals surface area contributed by atoms with Gasteiger partial charge in [0.15, 0.2) is 11.5 Å². The summed E-state index contributed by atoms with van der Waals surface area (Å²) in [5.74, 6) is -0.798. The number of hydrogen-bond donors (Lipinski definition) is 0. The van der Waals surface area contributed by atoms with E-state index in [-0.39, 0.29) is 55.1 Å². The predicted octanol–water partition coefficient (Wildman–Crippen LogP) is 5.07. The quantitative estimate of drug-likeness (QED) is 0.372.